The van der Waals surface area contributed by atoms with E-state index in [-0.39, 0.29) is 17.3 Å². The molecule has 0 saturated carbocycles. The van der Waals surface area contributed by atoms with Gasteiger partial charge < -0.3 is 11.1 Å². The van der Waals surface area contributed by atoms with Crippen molar-refractivity contribution in [1.29, 1.82) is 0 Å². The predicted molar refractivity (Wildman–Crippen MR) is 124 cm³/mol. The third-order valence-corrected chi connectivity index (χ3v) is 5.04. The first-order chi connectivity index (χ1) is 14.4. The van der Waals surface area contributed by atoms with E-state index in [0.29, 0.717) is 34.7 Å². The van der Waals surface area contributed by atoms with Crippen LogP contribution in [0.1, 0.15) is 29.8 Å². The third kappa shape index (κ3) is 3.91. The van der Waals surface area contributed by atoms with Crippen molar-refractivity contribution in [3.63, 3.8) is 0 Å². The molecule has 0 unspecified atom stereocenters. The van der Waals surface area contributed by atoms with Gasteiger partial charge in [0.25, 0.3) is 5.91 Å². The first-order valence-electron chi connectivity index (χ1n) is 9.59. The van der Waals surface area contributed by atoms with Crippen LogP contribution in [0.3, 0.4) is 0 Å². The monoisotopic (exact) mass is 464 g/mol. The molecule has 0 saturated heterocycles. The van der Waals surface area contributed by atoms with Gasteiger partial charge >= 0.3 is 0 Å². The topological polar surface area (TPSA) is 98.2 Å². The average molecular weight is 465 g/mol. The number of nitrogens with one attached hydrogen (secondary N) is 1. The SMILES string of the molecule is CC(C)CNC(=O)c1c(N)n(/N=C\c2cccc(Br)c2)c2nc3ccccc3nc12. The van der Waals surface area contributed by atoms with Crippen molar-refractivity contribution in [3.8, 4) is 0 Å². The maximum Gasteiger partial charge on any atom is 0.257 e. The van der Waals surface area contributed by atoms with Crippen LogP contribution < -0.4 is 11.1 Å². The van der Waals surface area contributed by atoms with Gasteiger partial charge in [0.15, 0.2) is 5.65 Å². The van der Waals surface area contributed by atoms with E-state index in [2.05, 4.69) is 36.3 Å². The smallest absolute Gasteiger partial charge is 0.257 e. The van der Waals surface area contributed by atoms with E-state index in [1.165, 1.54) is 4.68 Å². The van der Waals surface area contributed by atoms with E-state index in [4.69, 9.17) is 5.73 Å². The summed E-state index contributed by atoms with van der Waals surface area (Å²) in [5, 5.41) is 7.43. The molecule has 0 atom stereocenters. The number of aromatic nitrogens is 3. The number of carbonyl (C=O) groups excluding carboxylic acids is 1. The van der Waals surface area contributed by atoms with Crippen LogP contribution in [0.2, 0.25) is 0 Å². The van der Waals surface area contributed by atoms with Crippen LogP contribution in [0, 0.1) is 5.92 Å². The molecule has 0 aliphatic heterocycles. The normalized spacial score (nSPS) is 11.7. The molecule has 3 N–H and O–H groups in total. The molecule has 152 valence electrons. The van der Waals surface area contributed by atoms with Gasteiger partial charge in [-0.15, -0.1) is 0 Å². The summed E-state index contributed by atoms with van der Waals surface area (Å²) in [6.07, 6.45) is 1.67. The quantitative estimate of drug-likeness (QED) is 0.432. The highest BCUT2D eigenvalue weighted by Crippen LogP contribution is 2.28. The standard InChI is InChI=1S/C22H21BrN6O/c1-13(2)11-25-22(30)18-19-21(28-17-9-4-3-8-16(17)27-19)29(20(18)24)26-12-14-6-5-7-15(23)10-14/h3-10,12-13H,11,24H2,1-2H3,(H,25,30)/b26-12-. The summed E-state index contributed by atoms with van der Waals surface area (Å²) in [6, 6.07) is 15.2. The Kier molecular flexibility index (Phi) is 5.50. The minimum Gasteiger partial charge on any atom is -0.383 e. The molecule has 0 aliphatic carbocycles. The first kappa shape index (κ1) is 20.0. The Balaban J connectivity index is 1.89. The Morgan fingerprint density at radius 2 is 1.93 bits per heavy atom. The van der Waals surface area contributed by atoms with E-state index in [1.807, 2.05) is 62.4 Å². The van der Waals surface area contributed by atoms with Crippen molar-refractivity contribution in [2.45, 2.75) is 13.8 Å². The molecule has 0 spiro atoms. The summed E-state index contributed by atoms with van der Waals surface area (Å²) in [7, 11) is 0. The molecule has 0 bridgehead atoms. The van der Waals surface area contributed by atoms with Gasteiger partial charge in [0.05, 0.1) is 17.2 Å². The zero-order valence-electron chi connectivity index (χ0n) is 16.6. The molecule has 8 heteroatoms. The first-order valence-corrected chi connectivity index (χ1v) is 10.4. The van der Waals surface area contributed by atoms with Gasteiger partial charge in [0, 0.05) is 11.0 Å². The van der Waals surface area contributed by atoms with E-state index < -0.39 is 0 Å². The molecular formula is C22H21BrN6O. The maximum atomic E-state index is 12.9. The summed E-state index contributed by atoms with van der Waals surface area (Å²) in [5.74, 6) is 0.227. The van der Waals surface area contributed by atoms with E-state index >= 15 is 0 Å². The van der Waals surface area contributed by atoms with Crippen molar-refractivity contribution in [2.75, 3.05) is 12.3 Å². The molecule has 7 nitrogen and oxygen atoms in total. The number of nitrogen functional groups attached to an aromatic ring is 1. The maximum absolute atomic E-state index is 12.9. The molecule has 1 amide bonds. The Morgan fingerprint density at radius 3 is 2.63 bits per heavy atom. The van der Waals surface area contributed by atoms with Crippen molar-refractivity contribution in [3.05, 3.63) is 64.1 Å². The number of amides is 1. The van der Waals surface area contributed by atoms with Gasteiger partial charge in [-0.25, -0.2) is 9.97 Å². The molecule has 2 aromatic carbocycles. The number of nitrogens with two attached hydrogens (primary N) is 1. The Morgan fingerprint density at radius 1 is 1.20 bits per heavy atom. The second-order valence-electron chi connectivity index (χ2n) is 7.36. The van der Waals surface area contributed by atoms with Gasteiger partial charge in [-0.1, -0.05) is 54.0 Å². The molecular weight excluding hydrogens is 444 g/mol. The minimum absolute atomic E-state index is 0.202. The zero-order valence-corrected chi connectivity index (χ0v) is 18.2. The summed E-state index contributed by atoms with van der Waals surface area (Å²) in [5.41, 5.74) is 9.81. The fourth-order valence-electron chi connectivity index (χ4n) is 3.08. The van der Waals surface area contributed by atoms with E-state index in [9.17, 15) is 4.79 Å². The average Bonchev–Trinajstić information content (AvgIpc) is 2.99. The van der Waals surface area contributed by atoms with Gasteiger partial charge in [0.2, 0.25) is 0 Å². The number of fused-ring (bicyclic) bond motifs is 2. The number of hydrogen-bond acceptors (Lipinski definition) is 5. The highest BCUT2D eigenvalue weighted by atomic mass is 79.9. The lowest BCUT2D eigenvalue weighted by Crippen LogP contribution is -2.28. The van der Waals surface area contributed by atoms with Crippen LogP contribution in [0.15, 0.2) is 58.1 Å². The second kappa shape index (κ2) is 8.23. The van der Waals surface area contributed by atoms with Crippen molar-refractivity contribution < 1.29 is 4.79 Å². The van der Waals surface area contributed by atoms with Crippen LogP contribution in [-0.4, -0.2) is 33.3 Å². The van der Waals surface area contributed by atoms with Gasteiger partial charge in [-0.2, -0.15) is 9.78 Å². The molecule has 0 aliphatic rings. The van der Waals surface area contributed by atoms with Crippen LogP contribution in [0.25, 0.3) is 22.2 Å². The van der Waals surface area contributed by atoms with E-state index in [1.54, 1.807) is 6.21 Å². The Hall–Kier alpha value is -3.26. The van der Waals surface area contributed by atoms with E-state index in [0.717, 1.165) is 10.0 Å². The number of carbonyl (C=O) groups is 1. The molecule has 2 aromatic heterocycles. The lowest BCUT2D eigenvalue weighted by Gasteiger charge is -2.07. The highest BCUT2D eigenvalue weighted by molar-refractivity contribution is 9.10. The number of benzene rings is 2. The minimum atomic E-state index is -0.285. The molecule has 4 rings (SSSR count). The summed E-state index contributed by atoms with van der Waals surface area (Å²) >= 11 is 3.45. The van der Waals surface area contributed by atoms with Crippen molar-refractivity contribution in [2.24, 2.45) is 11.0 Å². The highest BCUT2D eigenvalue weighted by Gasteiger charge is 2.24. The van der Waals surface area contributed by atoms with Crippen LogP contribution in [-0.2, 0) is 0 Å². The number of halogens is 1. The van der Waals surface area contributed by atoms with Crippen LogP contribution in [0.5, 0.6) is 0 Å². The number of para-hydroxylation sites is 2. The summed E-state index contributed by atoms with van der Waals surface area (Å²) in [6.45, 7) is 4.60. The Labute approximate surface area is 182 Å². The van der Waals surface area contributed by atoms with Gasteiger partial charge in [-0.3, -0.25) is 4.79 Å². The molecule has 0 radical (unpaired) electrons. The molecule has 0 fully saturated rings. The number of rotatable bonds is 5. The van der Waals surface area contributed by atoms with Crippen molar-refractivity contribution >= 4 is 56.1 Å². The summed E-state index contributed by atoms with van der Waals surface area (Å²) in [4.78, 5) is 22.3. The molecule has 2 heterocycles. The Bertz CT molecular complexity index is 1280. The van der Waals surface area contributed by atoms with Gasteiger partial charge in [-0.05, 0) is 35.7 Å². The fraction of sp³-hybridized carbons (Fsp3) is 0.182. The molecule has 30 heavy (non-hydrogen) atoms. The predicted octanol–water partition coefficient (Wildman–Crippen LogP) is 4.20. The van der Waals surface area contributed by atoms with Gasteiger partial charge in [0.1, 0.15) is 16.9 Å². The lowest BCUT2D eigenvalue weighted by molar-refractivity contribution is 0.0951. The third-order valence-electron chi connectivity index (χ3n) is 4.54. The molecule has 4 aromatic rings. The number of nitrogens with zero attached hydrogens (tertiary/aromatic N) is 4. The summed E-state index contributed by atoms with van der Waals surface area (Å²) < 4.78 is 2.41. The number of hydrogen-bond donors (Lipinski definition) is 2. The van der Waals surface area contributed by atoms with Crippen LogP contribution >= 0.6 is 15.9 Å². The van der Waals surface area contributed by atoms with Crippen LogP contribution in [0.4, 0.5) is 5.82 Å². The lowest BCUT2D eigenvalue weighted by atomic mass is 10.2. The largest absolute Gasteiger partial charge is 0.383 e. The van der Waals surface area contributed by atoms with Crippen molar-refractivity contribution in [1.82, 2.24) is 20.0 Å². The number of anilines is 1. The zero-order chi connectivity index (χ0) is 21.3. The fourth-order valence-corrected chi connectivity index (χ4v) is 3.50. The second-order valence-corrected chi connectivity index (χ2v) is 8.28.